The molecule has 0 heterocycles. The van der Waals surface area contributed by atoms with Crippen molar-refractivity contribution in [1.82, 2.24) is 0 Å². The van der Waals surface area contributed by atoms with Crippen LogP contribution in [0.15, 0.2) is 16.6 Å². The fraction of sp³-hybridized carbons (Fsp3) is 0.300. The second-order valence-electron chi connectivity index (χ2n) is 2.76. The summed E-state index contributed by atoms with van der Waals surface area (Å²) in [6, 6.07) is 3.00. The van der Waals surface area contributed by atoms with Gasteiger partial charge < -0.3 is 4.74 Å². The summed E-state index contributed by atoms with van der Waals surface area (Å²) in [6.07, 6.45) is 0. The third kappa shape index (κ3) is 2.19. The quantitative estimate of drug-likeness (QED) is 0.784. The van der Waals surface area contributed by atoms with Crippen molar-refractivity contribution in [3.05, 3.63) is 33.5 Å². The lowest BCUT2D eigenvalue weighted by molar-refractivity contribution is 0.100. The number of hydrogen-bond acceptors (Lipinski definition) is 2. The van der Waals surface area contributed by atoms with Gasteiger partial charge in [-0.05, 0) is 34.5 Å². The molecule has 0 spiro atoms. The lowest BCUT2D eigenvalue weighted by Gasteiger charge is -2.08. The van der Waals surface area contributed by atoms with Gasteiger partial charge in [0, 0.05) is 7.06 Å². The van der Waals surface area contributed by atoms with E-state index >= 15 is 0 Å². The summed E-state index contributed by atoms with van der Waals surface area (Å²) in [5.41, 5.74) is 0.285. The first-order chi connectivity index (χ1) is 7.43. The van der Waals surface area contributed by atoms with E-state index in [0.29, 0.717) is 5.56 Å². The Morgan fingerprint density at radius 2 is 2.43 bits per heavy atom. The molecule has 0 aromatic heterocycles. The summed E-state index contributed by atoms with van der Waals surface area (Å²) in [6.45, 7) is 1.13. The van der Waals surface area contributed by atoms with E-state index < -0.39 is 18.7 Å². The van der Waals surface area contributed by atoms with Crippen LogP contribution in [0.4, 0.5) is 4.39 Å². The number of Topliss-reactive ketones (excluding diaryl/α,β-unsaturated/α-hetero) is 1. The Labute approximate surface area is 93.0 Å². The Balaban J connectivity index is 3.08. The van der Waals surface area contributed by atoms with Crippen molar-refractivity contribution < 1.29 is 16.7 Å². The van der Waals surface area contributed by atoms with Crippen LogP contribution in [0.5, 0.6) is 0 Å². The van der Waals surface area contributed by atoms with Gasteiger partial charge in [-0.15, -0.1) is 0 Å². The number of methoxy groups -OCH3 is 1. The zero-order valence-electron chi connectivity index (χ0n) is 9.51. The number of ether oxygens (including phenoxy) is 1. The molecule has 0 aliphatic rings. The molecule has 0 fully saturated rings. The largest absolute Gasteiger partial charge is 0.380 e. The van der Waals surface area contributed by atoms with Crippen molar-refractivity contribution in [2.24, 2.45) is 0 Å². The van der Waals surface area contributed by atoms with Crippen LogP contribution in [0.2, 0.25) is 0 Å². The van der Waals surface area contributed by atoms with E-state index in [1.165, 1.54) is 19.1 Å². The second-order valence-corrected chi connectivity index (χ2v) is 3.62. The normalized spacial score (nSPS) is 12.6. The molecule has 14 heavy (non-hydrogen) atoms. The molecule has 0 atom stereocenters. The monoisotopic (exact) mass is 262 g/mol. The summed E-state index contributed by atoms with van der Waals surface area (Å²) >= 11 is 2.99. The first kappa shape index (κ1) is 8.56. The van der Waals surface area contributed by atoms with Crippen molar-refractivity contribution in [3.63, 3.8) is 0 Å². The number of ketones is 1. The highest BCUT2D eigenvalue weighted by molar-refractivity contribution is 9.10. The summed E-state index contributed by atoms with van der Waals surface area (Å²) in [5, 5.41) is 0. The van der Waals surface area contributed by atoms with Crippen LogP contribution in [0, 0.1) is 5.82 Å². The fourth-order valence-electron chi connectivity index (χ4n) is 1.18. The topological polar surface area (TPSA) is 26.3 Å². The summed E-state index contributed by atoms with van der Waals surface area (Å²) in [5.74, 6) is -1.05. The van der Waals surface area contributed by atoms with E-state index in [-0.39, 0.29) is 16.6 Å². The Morgan fingerprint density at radius 1 is 1.71 bits per heavy atom. The van der Waals surface area contributed by atoms with Gasteiger partial charge in [-0.25, -0.2) is 4.39 Å². The van der Waals surface area contributed by atoms with Crippen LogP contribution in [0.3, 0.4) is 0 Å². The molecular formula is C10H10BrFO2. The molecule has 0 saturated carbocycles. The van der Waals surface area contributed by atoms with Gasteiger partial charge in [0.2, 0.25) is 0 Å². The Hall–Kier alpha value is -0.740. The molecule has 0 unspecified atom stereocenters. The minimum atomic E-state index is -1.45. The number of rotatable bonds is 3. The van der Waals surface area contributed by atoms with Gasteiger partial charge in [0.15, 0.2) is 5.78 Å². The van der Waals surface area contributed by atoms with E-state index in [1.54, 1.807) is 0 Å². The molecule has 4 heteroatoms. The van der Waals surface area contributed by atoms with E-state index in [4.69, 9.17) is 7.48 Å². The van der Waals surface area contributed by atoms with Gasteiger partial charge >= 0.3 is 0 Å². The molecular weight excluding hydrogens is 251 g/mol. The first-order valence-electron chi connectivity index (χ1n) is 5.03. The van der Waals surface area contributed by atoms with Gasteiger partial charge in [0.05, 0.1) is 19.4 Å². The van der Waals surface area contributed by atoms with Gasteiger partial charge in [-0.1, -0.05) is 6.07 Å². The molecule has 1 aromatic rings. The standard InChI is InChI=1S/C10H10BrFO2/c1-6(13)9-7(5-14-2)3-4-8(11)10(9)12/h3-4H,5H2,1-2H3/i2D2. The molecule has 1 rings (SSSR count). The number of benzene rings is 1. The molecule has 0 N–H and O–H groups in total. The maximum Gasteiger partial charge on any atom is 0.163 e. The van der Waals surface area contributed by atoms with Gasteiger partial charge in [0.25, 0.3) is 0 Å². The van der Waals surface area contributed by atoms with Crippen LogP contribution >= 0.6 is 15.9 Å². The van der Waals surface area contributed by atoms with Gasteiger partial charge in [-0.2, -0.15) is 0 Å². The molecule has 0 radical (unpaired) electrons. The molecule has 0 aliphatic carbocycles. The average molecular weight is 263 g/mol. The zero-order chi connectivity index (χ0) is 12.3. The number of carbonyl (C=O) groups excluding carboxylic acids is 1. The van der Waals surface area contributed by atoms with Crippen LogP contribution in [-0.2, 0) is 11.3 Å². The number of hydrogen-bond donors (Lipinski definition) is 0. The first-order valence-corrected chi connectivity index (χ1v) is 4.66. The lowest BCUT2D eigenvalue weighted by atomic mass is 10.0. The number of halogens is 2. The third-order valence-corrected chi connectivity index (χ3v) is 2.38. The molecule has 0 saturated heterocycles. The van der Waals surface area contributed by atoms with Gasteiger partial charge in [0.1, 0.15) is 5.82 Å². The second kappa shape index (κ2) is 4.66. The van der Waals surface area contributed by atoms with Crippen LogP contribution in [0.25, 0.3) is 0 Å². The van der Waals surface area contributed by atoms with Crippen molar-refractivity contribution in [1.29, 1.82) is 0 Å². The van der Waals surface area contributed by atoms with E-state index in [1.807, 2.05) is 0 Å². The highest BCUT2D eigenvalue weighted by atomic mass is 79.9. The third-order valence-electron chi connectivity index (χ3n) is 1.77. The van der Waals surface area contributed by atoms with Crippen LogP contribution in [-0.4, -0.2) is 12.8 Å². The SMILES string of the molecule is [2H]C([2H])OCc1ccc(Br)c(F)c1C(C)=O. The highest BCUT2D eigenvalue weighted by Crippen LogP contribution is 2.23. The predicted octanol–water partition coefficient (Wildman–Crippen LogP) is 2.94. The molecule has 0 bridgehead atoms. The zero-order valence-corrected chi connectivity index (χ0v) is 9.10. The van der Waals surface area contributed by atoms with E-state index in [0.717, 1.165) is 0 Å². The molecule has 0 aliphatic heterocycles. The van der Waals surface area contributed by atoms with Crippen LogP contribution < -0.4 is 0 Å². The lowest BCUT2D eigenvalue weighted by Crippen LogP contribution is -2.05. The van der Waals surface area contributed by atoms with Crippen molar-refractivity contribution in [2.45, 2.75) is 13.5 Å². The summed E-state index contributed by atoms with van der Waals surface area (Å²) in [7, 11) is -1.45. The highest BCUT2D eigenvalue weighted by Gasteiger charge is 2.15. The minimum absolute atomic E-state index is 0.0602. The average Bonchev–Trinajstić information content (AvgIpc) is 2.19. The molecule has 2 nitrogen and oxygen atoms in total. The molecule has 76 valence electrons. The number of carbonyl (C=O) groups is 1. The fourth-order valence-corrected chi connectivity index (χ4v) is 1.51. The Kier molecular flexibility index (Phi) is 2.85. The van der Waals surface area contributed by atoms with E-state index in [9.17, 15) is 9.18 Å². The Bertz CT molecular complexity index is 410. The van der Waals surface area contributed by atoms with E-state index in [2.05, 4.69) is 15.9 Å². The smallest absolute Gasteiger partial charge is 0.163 e. The van der Waals surface area contributed by atoms with Crippen molar-refractivity contribution in [2.75, 3.05) is 7.06 Å². The maximum atomic E-state index is 13.6. The Morgan fingerprint density at radius 3 is 3.00 bits per heavy atom. The van der Waals surface area contributed by atoms with Crippen molar-refractivity contribution in [3.8, 4) is 0 Å². The molecule has 0 amide bonds. The minimum Gasteiger partial charge on any atom is -0.380 e. The predicted molar refractivity (Wildman–Crippen MR) is 54.8 cm³/mol. The summed E-state index contributed by atoms with van der Waals surface area (Å²) in [4.78, 5) is 11.3. The summed E-state index contributed by atoms with van der Waals surface area (Å²) < 4.78 is 32.3. The maximum absolute atomic E-state index is 13.6. The molecule has 1 aromatic carbocycles. The van der Waals surface area contributed by atoms with Crippen LogP contribution in [0.1, 0.15) is 25.6 Å². The van der Waals surface area contributed by atoms with Crippen molar-refractivity contribution >= 4 is 21.7 Å². The van der Waals surface area contributed by atoms with Gasteiger partial charge in [-0.3, -0.25) is 4.79 Å².